The van der Waals surface area contributed by atoms with Crippen LogP contribution in [0.2, 0.25) is 0 Å². The van der Waals surface area contributed by atoms with Crippen LogP contribution in [0.25, 0.3) is 5.65 Å². The third-order valence-electron chi connectivity index (χ3n) is 4.06. The molecule has 0 aliphatic carbocycles. The predicted molar refractivity (Wildman–Crippen MR) is 106 cm³/mol. The molecule has 0 aromatic carbocycles. The molecule has 0 unspecified atom stereocenters. The fraction of sp³-hybridized carbons (Fsp3) is 0.588. The first-order valence-corrected chi connectivity index (χ1v) is 11.5. The van der Waals surface area contributed by atoms with Gasteiger partial charge in [0, 0.05) is 25.8 Å². The van der Waals surface area contributed by atoms with E-state index in [1.54, 1.807) is 24.3 Å². The summed E-state index contributed by atoms with van der Waals surface area (Å²) in [6, 6.07) is 3.15. The van der Waals surface area contributed by atoms with Crippen molar-refractivity contribution in [1.29, 1.82) is 0 Å². The van der Waals surface area contributed by atoms with E-state index in [1.165, 1.54) is 28.3 Å². The van der Waals surface area contributed by atoms with Crippen LogP contribution in [0, 0.1) is 5.92 Å². The number of nitrogens with one attached hydrogen (secondary N) is 1. The third kappa shape index (κ3) is 5.43. The second kappa shape index (κ2) is 9.52. The summed E-state index contributed by atoms with van der Waals surface area (Å²) in [5, 5.41) is 11.5. The summed E-state index contributed by atoms with van der Waals surface area (Å²) >= 11 is 1.23. The van der Waals surface area contributed by atoms with Crippen LogP contribution in [0.1, 0.15) is 34.1 Å². The fourth-order valence-electron chi connectivity index (χ4n) is 2.50. The number of hydrogen-bond donors (Lipinski definition) is 1. The maximum atomic E-state index is 12.7. The van der Waals surface area contributed by atoms with Crippen LogP contribution in [0.3, 0.4) is 0 Å². The van der Waals surface area contributed by atoms with E-state index in [9.17, 15) is 13.2 Å². The largest absolute Gasteiger partial charge is 0.355 e. The Bertz CT molecular complexity index is 876. The van der Waals surface area contributed by atoms with E-state index >= 15 is 0 Å². The normalized spacial score (nSPS) is 12.2. The summed E-state index contributed by atoms with van der Waals surface area (Å²) in [6.07, 6.45) is 2.44. The monoisotopic (exact) mass is 413 g/mol. The number of aromatic nitrogens is 3. The second-order valence-corrected chi connectivity index (χ2v) is 9.37. The number of carbonyl (C=O) groups excluding carboxylic acids is 1. The van der Waals surface area contributed by atoms with Gasteiger partial charge < -0.3 is 5.32 Å². The Kier molecular flexibility index (Phi) is 7.63. The van der Waals surface area contributed by atoms with Gasteiger partial charge in [0.1, 0.15) is 0 Å². The molecular formula is C17H27N5O3S2. The Balaban J connectivity index is 2.14. The molecule has 0 fully saturated rings. The van der Waals surface area contributed by atoms with Gasteiger partial charge in [0.05, 0.1) is 10.6 Å². The minimum Gasteiger partial charge on any atom is -0.355 e. The molecule has 0 spiro atoms. The molecule has 0 radical (unpaired) electrons. The van der Waals surface area contributed by atoms with Gasteiger partial charge in [-0.25, -0.2) is 8.42 Å². The minimum absolute atomic E-state index is 0.0793. The molecule has 2 aromatic rings. The molecule has 2 aromatic heterocycles. The van der Waals surface area contributed by atoms with Crippen LogP contribution in [0.5, 0.6) is 0 Å². The Labute approximate surface area is 164 Å². The highest BCUT2D eigenvalue weighted by Gasteiger charge is 2.22. The molecule has 0 saturated carbocycles. The first kappa shape index (κ1) is 21.6. The molecule has 27 heavy (non-hydrogen) atoms. The molecule has 0 saturated heterocycles. The number of fused-ring (bicyclic) bond motifs is 1. The number of thioether (sulfide) groups is 1. The summed E-state index contributed by atoms with van der Waals surface area (Å²) in [5.74, 6) is 0.653. The lowest BCUT2D eigenvalue weighted by Crippen LogP contribution is -2.30. The van der Waals surface area contributed by atoms with Gasteiger partial charge >= 0.3 is 0 Å². The van der Waals surface area contributed by atoms with Crippen LogP contribution >= 0.6 is 11.8 Å². The zero-order valence-electron chi connectivity index (χ0n) is 16.2. The van der Waals surface area contributed by atoms with E-state index in [-0.39, 0.29) is 16.6 Å². The van der Waals surface area contributed by atoms with Crippen LogP contribution < -0.4 is 5.32 Å². The summed E-state index contributed by atoms with van der Waals surface area (Å²) in [6.45, 7) is 9.26. The summed E-state index contributed by atoms with van der Waals surface area (Å²) < 4.78 is 28.4. The maximum Gasteiger partial charge on any atom is 0.244 e. The van der Waals surface area contributed by atoms with Crippen molar-refractivity contribution in [3.05, 3.63) is 18.3 Å². The Hall–Kier alpha value is -1.65. The average molecular weight is 414 g/mol. The van der Waals surface area contributed by atoms with Gasteiger partial charge in [-0.2, -0.15) is 4.31 Å². The van der Waals surface area contributed by atoms with Crippen molar-refractivity contribution in [3.63, 3.8) is 0 Å². The number of pyridine rings is 1. The van der Waals surface area contributed by atoms with Gasteiger partial charge in [-0.15, -0.1) is 10.2 Å². The molecule has 1 N–H and O–H groups in total. The number of rotatable bonds is 10. The van der Waals surface area contributed by atoms with Gasteiger partial charge in [-0.3, -0.25) is 9.20 Å². The van der Waals surface area contributed by atoms with E-state index in [0.717, 1.165) is 6.42 Å². The summed E-state index contributed by atoms with van der Waals surface area (Å²) in [7, 11) is -3.57. The van der Waals surface area contributed by atoms with E-state index in [0.29, 0.717) is 36.4 Å². The molecule has 10 heteroatoms. The van der Waals surface area contributed by atoms with E-state index in [4.69, 9.17) is 0 Å². The molecule has 2 heterocycles. The molecule has 150 valence electrons. The first-order chi connectivity index (χ1) is 12.8. The average Bonchev–Trinajstić information content (AvgIpc) is 3.02. The van der Waals surface area contributed by atoms with E-state index in [1.807, 2.05) is 0 Å². The second-order valence-electron chi connectivity index (χ2n) is 6.49. The van der Waals surface area contributed by atoms with Crippen molar-refractivity contribution in [2.75, 3.05) is 25.4 Å². The van der Waals surface area contributed by atoms with Gasteiger partial charge in [0.25, 0.3) is 0 Å². The number of amides is 1. The molecular weight excluding hydrogens is 386 g/mol. The van der Waals surface area contributed by atoms with Crippen molar-refractivity contribution < 1.29 is 13.2 Å². The van der Waals surface area contributed by atoms with Crippen molar-refractivity contribution in [1.82, 2.24) is 24.2 Å². The lowest BCUT2D eigenvalue weighted by atomic mass is 10.1. The molecule has 8 nitrogen and oxygen atoms in total. The number of sulfonamides is 1. The third-order valence-corrected chi connectivity index (χ3v) is 7.04. The first-order valence-electron chi connectivity index (χ1n) is 9.04. The minimum atomic E-state index is -3.57. The number of nitrogens with zero attached hydrogens (tertiary/aromatic N) is 4. The van der Waals surface area contributed by atoms with Crippen molar-refractivity contribution in [2.45, 2.75) is 44.2 Å². The quantitative estimate of drug-likeness (QED) is 0.599. The Morgan fingerprint density at radius 2 is 1.96 bits per heavy atom. The van der Waals surface area contributed by atoms with Crippen molar-refractivity contribution in [2.24, 2.45) is 5.92 Å². The highest BCUT2D eigenvalue weighted by Crippen LogP contribution is 2.21. The van der Waals surface area contributed by atoms with Gasteiger partial charge in [0.15, 0.2) is 10.8 Å². The SMILES string of the molecule is CCN(CC)S(=O)(=O)c1ccc2nnc(SCC(=O)NCCC(C)C)n2c1. The highest BCUT2D eigenvalue weighted by atomic mass is 32.2. The fourth-order valence-corrected chi connectivity index (χ4v) is 4.70. The van der Waals surface area contributed by atoms with Crippen LogP contribution in [0.4, 0.5) is 0 Å². The van der Waals surface area contributed by atoms with E-state index < -0.39 is 10.0 Å². The molecule has 0 atom stereocenters. The number of hydrogen-bond acceptors (Lipinski definition) is 6. The Morgan fingerprint density at radius 3 is 2.59 bits per heavy atom. The summed E-state index contributed by atoms with van der Waals surface area (Å²) in [5.41, 5.74) is 0.538. The molecule has 0 bridgehead atoms. The van der Waals surface area contributed by atoms with Crippen molar-refractivity contribution >= 4 is 33.3 Å². The zero-order chi connectivity index (χ0) is 20.0. The Morgan fingerprint density at radius 1 is 1.26 bits per heavy atom. The van der Waals surface area contributed by atoms with Gasteiger partial charge in [-0.05, 0) is 24.5 Å². The summed E-state index contributed by atoms with van der Waals surface area (Å²) in [4.78, 5) is 12.1. The highest BCUT2D eigenvalue weighted by molar-refractivity contribution is 7.99. The lowest BCUT2D eigenvalue weighted by molar-refractivity contribution is -0.118. The zero-order valence-corrected chi connectivity index (χ0v) is 17.8. The topological polar surface area (TPSA) is 96.7 Å². The van der Waals surface area contributed by atoms with E-state index in [2.05, 4.69) is 29.4 Å². The lowest BCUT2D eigenvalue weighted by Gasteiger charge is -2.18. The predicted octanol–water partition coefficient (Wildman–Crippen LogP) is 2.01. The standard InChI is InChI=1S/C17H27N5O3S2/c1-5-21(6-2)27(24,25)14-7-8-15-19-20-17(22(15)11-14)26-12-16(23)18-10-9-13(3)4/h7-8,11,13H,5-6,9-10,12H2,1-4H3,(H,18,23). The van der Waals surface area contributed by atoms with Gasteiger partial charge in [-0.1, -0.05) is 39.5 Å². The van der Waals surface area contributed by atoms with Crippen LogP contribution in [-0.4, -0.2) is 58.6 Å². The van der Waals surface area contributed by atoms with Crippen LogP contribution in [-0.2, 0) is 14.8 Å². The number of carbonyl (C=O) groups is 1. The van der Waals surface area contributed by atoms with Crippen LogP contribution in [0.15, 0.2) is 28.4 Å². The molecule has 2 rings (SSSR count). The molecule has 0 aliphatic heterocycles. The molecule has 0 aliphatic rings. The van der Waals surface area contributed by atoms with Gasteiger partial charge in [0.2, 0.25) is 15.9 Å². The van der Waals surface area contributed by atoms with Crippen molar-refractivity contribution in [3.8, 4) is 0 Å². The molecule has 1 amide bonds. The smallest absolute Gasteiger partial charge is 0.244 e. The maximum absolute atomic E-state index is 12.7.